The van der Waals surface area contributed by atoms with Crippen molar-refractivity contribution in [3.05, 3.63) is 53.7 Å². The highest BCUT2D eigenvalue weighted by molar-refractivity contribution is 7.13. The molecule has 1 aromatic carbocycles. The first-order valence-electron chi connectivity index (χ1n) is 9.56. The second kappa shape index (κ2) is 9.80. The molecule has 2 heterocycles. The second-order valence-electron chi connectivity index (χ2n) is 6.70. The number of aromatic nitrogens is 2. The predicted octanol–water partition coefficient (Wildman–Crippen LogP) is 7.27. The fourth-order valence-electron chi connectivity index (χ4n) is 2.76. The number of hydrogen-bond donors (Lipinski definition) is 1. The molecule has 0 aliphatic rings. The maximum atomic E-state index is 12.7. The fraction of sp³-hybridized carbons (Fsp3) is 0.333. The lowest BCUT2D eigenvalue weighted by Crippen LogP contribution is -2.17. The molecule has 1 N–H and O–H groups in total. The number of anilines is 2. The van der Waals surface area contributed by atoms with Crippen LogP contribution in [0.15, 0.2) is 48.0 Å². The molecular formula is C21H22F3N3O2S. The number of ether oxygens (including phenoxy) is 2. The van der Waals surface area contributed by atoms with Gasteiger partial charge in [-0.3, -0.25) is 0 Å². The molecule has 5 nitrogen and oxygen atoms in total. The number of benzene rings is 1. The first-order valence-corrected chi connectivity index (χ1v) is 10.4. The number of unbranched alkanes of at least 4 members (excludes halogenated alkanes) is 1. The van der Waals surface area contributed by atoms with Crippen molar-refractivity contribution in [1.29, 1.82) is 0 Å². The van der Waals surface area contributed by atoms with Crippen LogP contribution in [0.4, 0.5) is 24.0 Å². The number of hydrogen-bond acceptors (Lipinski definition) is 6. The number of nitrogens with zero attached hydrogens (tertiary/aromatic N) is 2. The lowest BCUT2D eigenvalue weighted by Gasteiger charge is -2.15. The van der Waals surface area contributed by atoms with Crippen LogP contribution in [-0.4, -0.2) is 16.3 Å². The van der Waals surface area contributed by atoms with Crippen LogP contribution in [0.25, 0.3) is 0 Å². The van der Waals surface area contributed by atoms with E-state index >= 15 is 0 Å². The normalized spacial score (nSPS) is 12.4. The molecule has 3 aromatic rings. The fourth-order valence-corrected chi connectivity index (χ4v) is 3.60. The molecule has 0 saturated carbocycles. The van der Waals surface area contributed by atoms with E-state index in [0.29, 0.717) is 16.7 Å². The van der Waals surface area contributed by atoms with E-state index in [0.717, 1.165) is 25.0 Å². The summed E-state index contributed by atoms with van der Waals surface area (Å²) in [7, 11) is 0. The Bertz CT molecular complexity index is 962. The zero-order chi connectivity index (χ0) is 21.6. The van der Waals surface area contributed by atoms with Crippen molar-refractivity contribution >= 4 is 22.2 Å². The van der Waals surface area contributed by atoms with Gasteiger partial charge >= 0.3 is 6.36 Å². The molecule has 30 heavy (non-hydrogen) atoms. The lowest BCUT2D eigenvalue weighted by atomic mass is 10.0. The van der Waals surface area contributed by atoms with Gasteiger partial charge < -0.3 is 14.8 Å². The number of para-hydroxylation sites is 2. The van der Waals surface area contributed by atoms with E-state index in [4.69, 9.17) is 4.74 Å². The predicted molar refractivity (Wildman–Crippen MR) is 111 cm³/mol. The van der Waals surface area contributed by atoms with E-state index in [1.165, 1.54) is 35.7 Å². The van der Waals surface area contributed by atoms with Gasteiger partial charge in [0.1, 0.15) is 5.69 Å². The van der Waals surface area contributed by atoms with E-state index in [1.807, 2.05) is 5.38 Å². The SMILES string of the molecule is CCCC[C@@H](C)c1csc(Nc2cccnc2Oc2ccccc2OC(F)(F)F)n1. The Kier molecular flexibility index (Phi) is 7.15. The minimum atomic E-state index is -4.82. The molecule has 1 atom stereocenters. The summed E-state index contributed by atoms with van der Waals surface area (Å²) in [5.74, 6) is -0.0632. The largest absolute Gasteiger partial charge is 0.573 e. The van der Waals surface area contributed by atoms with Gasteiger partial charge in [-0.1, -0.05) is 38.8 Å². The van der Waals surface area contributed by atoms with Gasteiger partial charge in [-0.2, -0.15) is 0 Å². The van der Waals surface area contributed by atoms with Crippen LogP contribution in [0.1, 0.15) is 44.7 Å². The molecule has 9 heteroatoms. The number of thiazole rings is 1. The van der Waals surface area contributed by atoms with Crippen molar-refractivity contribution in [2.75, 3.05) is 5.32 Å². The van der Waals surface area contributed by atoms with Crippen molar-refractivity contribution in [3.8, 4) is 17.4 Å². The first-order chi connectivity index (χ1) is 14.4. The Morgan fingerprint density at radius 1 is 1.13 bits per heavy atom. The maximum absolute atomic E-state index is 12.7. The molecule has 3 rings (SSSR count). The third kappa shape index (κ3) is 6.09. The number of halogens is 3. The van der Waals surface area contributed by atoms with Crippen LogP contribution >= 0.6 is 11.3 Å². The summed E-state index contributed by atoms with van der Waals surface area (Å²) in [5, 5.41) is 5.81. The molecule has 160 valence electrons. The number of alkyl halides is 3. The molecule has 0 aliphatic carbocycles. The summed E-state index contributed by atoms with van der Waals surface area (Å²) >= 11 is 1.45. The molecule has 0 aliphatic heterocycles. The maximum Gasteiger partial charge on any atom is 0.573 e. The zero-order valence-electron chi connectivity index (χ0n) is 16.6. The van der Waals surface area contributed by atoms with Crippen molar-refractivity contribution in [1.82, 2.24) is 9.97 Å². The molecule has 0 saturated heterocycles. The molecule has 0 fully saturated rings. The molecular weight excluding hydrogens is 415 g/mol. The molecule has 0 unspecified atom stereocenters. The molecule has 0 amide bonds. The number of pyridine rings is 1. The van der Waals surface area contributed by atoms with Gasteiger partial charge in [0.05, 0.1) is 5.69 Å². The van der Waals surface area contributed by atoms with Crippen LogP contribution in [0, 0.1) is 0 Å². The zero-order valence-corrected chi connectivity index (χ0v) is 17.4. The highest BCUT2D eigenvalue weighted by Gasteiger charge is 2.32. The Balaban J connectivity index is 1.77. The second-order valence-corrected chi connectivity index (χ2v) is 7.56. The summed E-state index contributed by atoms with van der Waals surface area (Å²) in [5.41, 5.74) is 1.49. The topological polar surface area (TPSA) is 56.3 Å². The summed E-state index contributed by atoms with van der Waals surface area (Å²) in [6, 6.07) is 8.98. The molecule has 2 aromatic heterocycles. The Morgan fingerprint density at radius 2 is 1.90 bits per heavy atom. The van der Waals surface area contributed by atoms with Crippen LogP contribution in [0.2, 0.25) is 0 Å². The Labute approximate surface area is 176 Å². The van der Waals surface area contributed by atoms with Crippen LogP contribution in [-0.2, 0) is 0 Å². The van der Waals surface area contributed by atoms with E-state index in [2.05, 4.69) is 33.9 Å². The molecule has 0 spiro atoms. The average Bonchev–Trinajstić information content (AvgIpc) is 3.16. The average molecular weight is 437 g/mol. The van der Waals surface area contributed by atoms with E-state index in [9.17, 15) is 13.2 Å². The molecule has 0 bridgehead atoms. The minimum absolute atomic E-state index is 0.0930. The van der Waals surface area contributed by atoms with Crippen molar-refractivity contribution in [2.24, 2.45) is 0 Å². The monoisotopic (exact) mass is 437 g/mol. The van der Waals surface area contributed by atoms with Gasteiger partial charge in [0.15, 0.2) is 16.6 Å². The highest BCUT2D eigenvalue weighted by Crippen LogP contribution is 2.37. The van der Waals surface area contributed by atoms with Gasteiger partial charge in [0.2, 0.25) is 5.88 Å². The first kappa shape index (κ1) is 21.9. The third-order valence-electron chi connectivity index (χ3n) is 4.31. The highest BCUT2D eigenvalue weighted by atomic mass is 32.1. The number of rotatable bonds is 9. The van der Waals surface area contributed by atoms with Crippen LogP contribution < -0.4 is 14.8 Å². The van der Waals surface area contributed by atoms with Crippen molar-refractivity contribution in [2.45, 2.75) is 45.4 Å². The number of nitrogens with one attached hydrogen (secondary N) is 1. The smallest absolute Gasteiger partial charge is 0.433 e. The minimum Gasteiger partial charge on any atom is -0.433 e. The van der Waals surface area contributed by atoms with E-state index in [-0.39, 0.29) is 11.6 Å². The summed E-state index contributed by atoms with van der Waals surface area (Å²) in [6.07, 6.45) is 0.0120. The third-order valence-corrected chi connectivity index (χ3v) is 5.09. The Morgan fingerprint density at radius 3 is 2.63 bits per heavy atom. The van der Waals surface area contributed by atoms with Gasteiger partial charge in [0, 0.05) is 11.6 Å². The van der Waals surface area contributed by atoms with Gasteiger partial charge in [-0.25, -0.2) is 9.97 Å². The summed E-state index contributed by atoms with van der Waals surface area (Å²) < 4.78 is 47.7. The van der Waals surface area contributed by atoms with E-state index in [1.54, 1.807) is 18.2 Å². The quantitative estimate of drug-likeness (QED) is 0.382. The van der Waals surface area contributed by atoms with E-state index < -0.39 is 12.1 Å². The van der Waals surface area contributed by atoms with Gasteiger partial charge in [-0.15, -0.1) is 24.5 Å². The standard InChI is InChI=1S/C21H22F3N3O2S/c1-3-4-8-14(2)16-13-30-20(27-16)26-15-9-7-12-25-19(15)28-17-10-5-6-11-18(17)29-21(22,23)24/h5-7,9-14H,3-4,8H2,1-2H3,(H,26,27)/t14-/m1/s1. The van der Waals surface area contributed by atoms with Crippen molar-refractivity contribution < 1.29 is 22.6 Å². The van der Waals surface area contributed by atoms with Crippen LogP contribution in [0.5, 0.6) is 17.4 Å². The lowest BCUT2D eigenvalue weighted by molar-refractivity contribution is -0.275. The van der Waals surface area contributed by atoms with Crippen LogP contribution in [0.3, 0.4) is 0 Å². The van der Waals surface area contributed by atoms with Crippen molar-refractivity contribution in [3.63, 3.8) is 0 Å². The molecule has 0 radical (unpaired) electrons. The van der Waals surface area contributed by atoms with Gasteiger partial charge in [-0.05, 0) is 36.6 Å². The Hall–Kier alpha value is -2.81. The summed E-state index contributed by atoms with van der Waals surface area (Å²) in [4.78, 5) is 8.77. The summed E-state index contributed by atoms with van der Waals surface area (Å²) in [6.45, 7) is 4.30. The van der Waals surface area contributed by atoms with Gasteiger partial charge in [0.25, 0.3) is 0 Å².